The number of hydrogen-bond acceptors (Lipinski definition) is 3. The summed E-state index contributed by atoms with van der Waals surface area (Å²) in [6.07, 6.45) is 1.06. The molecule has 0 unspecified atom stereocenters. The first kappa shape index (κ1) is 12.5. The van der Waals surface area contributed by atoms with Crippen LogP contribution in [-0.4, -0.2) is 24.3 Å². The van der Waals surface area contributed by atoms with Gasteiger partial charge < -0.3 is 9.84 Å². The van der Waals surface area contributed by atoms with Gasteiger partial charge in [-0.2, -0.15) is 0 Å². The molecule has 0 saturated heterocycles. The summed E-state index contributed by atoms with van der Waals surface area (Å²) >= 11 is 0. The van der Waals surface area contributed by atoms with Gasteiger partial charge in [-0.1, -0.05) is 36.4 Å². The van der Waals surface area contributed by atoms with E-state index in [9.17, 15) is 9.90 Å². The quantitative estimate of drug-likeness (QED) is 0.789. The Labute approximate surface area is 95.4 Å². The Morgan fingerprint density at radius 3 is 2.62 bits per heavy atom. The van der Waals surface area contributed by atoms with E-state index in [4.69, 9.17) is 0 Å². The Morgan fingerprint density at radius 2 is 2.06 bits per heavy atom. The largest absolute Gasteiger partial charge is 0.469 e. The Bertz CT molecular complexity index is 368. The molecule has 0 fully saturated rings. The molecule has 3 heteroatoms. The van der Waals surface area contributed by atoms with Crippen molar-refractivity contribution in [2.45, 2.75) is 19.4 Å². The number of benzene rings is 1. The normalized spacial score (nSPS) is 13.3. The van der Waals surface area contributed by atoms with Crippen LogP contribution in [0.4, 0.5) is 0 Å². The van der Waals surface area contributed by atoms with Gasteiger partial charge >= 0.3 is 5.97 Å². The minimum Gasteiger partial charge on any atom is -0.469 e. The van der Waals surface area contributed by atoms with Crippen LogP contribution in [-0.2, 0) is 9.53 Å². The fourth-order valence-corrected chi connectivity index (χ4v) is 1.31. The van der Waals surface area contributed by atoms with E-state index in [0.717, 1.165) is 11.1 Å². The molecule has 0 radical (unpaired) electrons. The molecule has 86 valence electrons. The van der Waals surface area contributed by atoms with Gasteiger partial charge in [-0.05, 0) is 18.1 Å². The summed E-state index contributed by atoms with van der Waals surface area (Å²) in [5.74, 6) is -0.409. The van der Waals surface area contributed by atoms with Crippen LogP contribution in [0.1, 0.15) is 18.9 Å². The lowest BCUT2D eigenvalue weighted by Gasteiger charge is -2.09. The predicted octanol–water partition coefficient (Wildman–Crippen LogP) is 2.01. The van der Waals surface area contributed by atoms with Crippen molar-refractivity contribution in [3.05, 3.63) is 41.5 Å². The maximum atomic E-state index is 11.0. The zero-order chi connectivity index (χ0) is 12.0. The highest BCUT2D eigenvalue weighted by Crippen LogP contribution is 2.12. The molecule has 3 nitrogen and oxygen atoms in total. The van der Waals surface area contributed by atoms with Gasteiger partial charge in [0.05, 0.1) is 19.6 Å². The standard InChI is InChI=1S/C13H16O3/c1-10(12(14)9-13(15)16-2)8-11-6-4-3-5-7-11/h3-8,12,14H,9H2,1-2H3/b10-8+/t12-/m1/s1. The van der Waals surface area contributed by atoms with Gasteiger partial charge in [-0.25, -0.2) is 0 Å². The number of methoxy groups -OCH3 is 1. The van der Waals surface area contributed by atoms with Gasteiger partial charge in [0.2, 0.25) is 0 Å². The zero-order valence-electron chi connectivity index (χ0n) is 9.51. The molecular weight excluding hydrogens is 204 g/mol. The molecule has 16 heavy (non-hydrogen) atoms. The Morgan fingerprint density at radius 1 is 1.44 bits per heavy atom. The fraction of sp³-hybridized carbons (Fsp3) is 0.308. The van der Waals surface area contributed by atoms with Crippen LogP contribution < -0.4 is 0 Å². The second-order valence-electron chi connectivity index (χ2n) is 3.60. The second kappa shape index (κ2) is 6.08. The van der Waals surface area contributed by atoms with Crippen molar-refractivity contribution in [3.63, 3.8) is 0 Å². The molecule has 0 aliphatic heterocycles. The number of hydrogen-bond donors (Lipinski definition) is 1. The molecule has 1 N–H and O–H groups in total. The highest BCUT2D eigenvalue weighted by Gasteiger charge is 2.12. The monoisotopic (exact) mass is 220 g/mol. The van der Waals surface area contributed by atoms with E-state index < -0.39 is 12.1 Å². The fourth-order valence-electron chi connectivity index (χ4n) is 1.31. The third-order valence-electron chi connectivity index (χ3n) is 2.31. The summed E-state index contributed by atoms with van der Waals surface area (Å²) in [7, 11) is 1.31. The summed E-state index contributed by atoms with van der Waals surface area (Å²) in [5.41, 5.74) is 1.75. The van der Waals surface area contributed by atoms with Gasteiger partial charge in [0.1, 0.15) is 0 Å². The summed E-state index contributed by atoms with van der Waals surface area (Å²) < 4.78 is 4.50. The van der Waals surface area contributed by atoms with E-state index >= 15 is 0 Å². The van der Waals surface area contributed by atoms with E-state index in [0.29, 0.717) is 0 Å². The predicted molar refractivity (Wildman–Crippen MR) is 62.7 cm³/mol. The Balaban J connectivity index is 2.66. The number of aliphatic hydroxyl groups excluding tert-OH is 1. The molecule has 0 heterocycles. The smallest absolute Gasteiger partial charge is 0.308 e. The lowest BCUT2D eigenvalue weighted by Crippen LogP contribution is -2.15. The number of esters is 1. The first-order valence-corrected chi connectivity index (χ1v) is 5.11. The molecule has 1 atom stereocenters. The molecule has 0 aliphatic rings. The van der Waals surface area contributed by atoms with E-state index in [-0.39, 0.29) is 6.42 Å². The molecule has 0 aromatic heterocycles. The minimum absolute atomic E-state index is 0.00827. The number of rotatable bonds is 4. The van der Waals surface area contributed by atoms with Crippen molar-refractivity contribution in [1.82, 2.24) is 0 Å². The molecule has 0 amide bonds. The average molecular weight is 220 g/mol. The van der Waals surface area contributed by atoms with E-state index in [1.165, 1.54) is 7.11 Å². The first-order valence-electron chi connectivity index (χ1n) is 5.11. The Kier molecular flexibility index (Phi) is 4.73. The highest BCUT2D eigenvalue weighted by molar-refractivity contribution is 5.70. The molecular formula is C13H16O3. The van der Waals surface area contributed by atoms with Crippen LogP contribution in [0.3, 0.4) is 0 Å². The number of carbonyl (C=O) groups is 1. The molecule has 0 bridgehead atoms. The van der Waals surface area contributed by atoms with Crippen molar-refractivity contribution >= 4 is 12.0 Å². The number of ether oxygens (including phenoxy) is 1. The average Bonchev–Trinajstić information content (AvgIpc) is 2.30. The zero-order valence-corrected chi connectivity index (χ0v) is 9.51. The van der Waals surface area contributed by atoms with Crippen LogP contribution in [0.5, 0.6) is 0 Å². The molecule has 1 rings (SSSR count). The van der Waals surface area contributed by atoms with E-state index in [1.807, 2.05) is 36.4 Å². The number of carbonyl (C=O) groups excluding carboxylic acids is 1. The summed E-state index contributed by atoms with van der Waals surface area (Å²) in [6, 6.07) is 9.65. The molecule has 0 saturated carbocycles. The summed E-state index contributed by atoms with van der Waals surface area (Å²) in [6.45, 7) is 1.79. The van der Waals surface area contributed by atoms with Gasteiger partial charge in [-0.15, -0.1) is 0 Å². The Hall–Kier alpha value is -1.61. The third-order valence-corrected chi connectivity index (χ3v) is 2.31. The van der Waals surface area contributed by atoms with Crippen LogP contribution >= 0.6 is 0 Å². The second-order valence-corrected chi connectivity index (χ2v) is 3.60. The topological polar surface area (TPSA) is 46.5 Å². The van der Waals surface area contributed by atoms with E-state index in [1.54, 1.807) is 6.92 Å². The van der Waals surface area contributed by atoms with Gasteiger partial charge in [0, 0.05) is 0 Å². The van der Waals surface area contributed by atoms with Crippen molar-refractivity contribution < 1.29 is 14.6 Å². The maximum absolute atomic E-state index is 11.0. The van der Waals surface area contributed by atoms with Gasteiger partial charge in [0.15, 0.2) is 0 Å². The van der Waals surface area contributed by atoms with Crippen molar-refractivity contribution in [2.75, 3.05) is 7.11 Å². The number of aliphatic hydroxyl groups is 1. The lowest BCUT2D eigenvalue weighted by atomic mass is 10.1. The van der Waals surface area contributed by atoms with Crippen LogP contribution in [0.25, 0.3) is 6.08 Å². The van der Waals surface area contributed by atoms with E-state index in [2.05, 4.69) is 4.74 Å². The van der Waals surface area contributed by atoms with Gasteiger partial charge in [0.25, 0.3) is 0 Å². The van der Waals surface area contributed by atoms with Crippen molar-refractivity contribution in [3.8, 4) is 0 Å². The van der Waals surface area contributed by atoms with Crippen molar-refractivity contribution in [2.24, 2.45) is 0 Å². The molecule has 0 aliphatic carbocycles. The minimum atomic E-state index is -0.785. The van der Waals surface area contributed by atoms with Crippen LogP contribution in [0.15, 0.2) is 35.9 Å². The molecule has 1 aromatic carbocycles. The molecule has 1 aromatic rings. The summed E-state index contributed by atoms with van der Waals surface area (Å²) in [4.78, 5) is 11.0. The van der Waals surface area contributed by atoms with Crippen LogP contribution in [0, 0.1) is 0 Å². The third kappa shape index (κ3) is 3.87. The summed E-state index contributed by atoms with van der Waals surface area (Å²) in [5, 5.41) is 9.71. The highest BCUT2D eigenvalue weighted by atomic mass is 16.5. The van der Waals surface area contributed by atoms with Crippen molar-refractivity contribution in [1.29, 1.82) is 0 Å². The van der Waals surface area contributed by atoms with Crippen LogP contribution in [0.2, 0.25) is 0 Å². The maximum Gasteiger partial charge on any atom is 0.308 e. The first-order chi connectivity index (χ1) is 7.63. The lowest BCUT2D eigenvalue weighted by molar-refractivity contribution is -0.142. The van der Waals surface area contributed by atoms with Gasteiger partial charge in [-0.3, -0.25) is 4.79 Å². The SMILES string of the molecule is COC(=O)C[C@@H](O)/C(C)=C/c1ccccc1. The molecule has 0 spiro atoms.